The van der Waals surface area contributed by atoms with E-state index in [9.17, 15) is 14.4 Å². The van der Waals surface area contributed by atoms with E-state index in [0.717, 1.165) is 18.4 Å². The molecule has 2 saturated heterocycles. The van der Waals surface area contributed by atoms with Crippen LogP contribution in [-0.2, 0) is 16.0 Å². The van der Waals surface area contributed by atoms with Crippen molar-refractivity contribution >= 4 is 29.4 Å². The maximum absolute atomic E-state index is 12.3. The second-order valence-corrected chi connectivity index (χ2v) is 6.79. The molecule has 0 saturated carbocycles. The van der Waals surface area contributed by atoms with E-state index in [1.54, 1.807) is 4.90 Å². The minimum Gasteiger partial charge on any atom is -0.342 e. The number of benzene rings is 1. The van der Waals surface area contributed by atoms with Gasteiger partial charge in [0, 0.05) is 24.5 Å². The predicted molar refractivity (Wildman–Crippen MR) is 89.6 cm³/mol. The molecule has 2 aliphatic heterocycles. The molecule has 2 aliphatic rings. The number of nitrogens with one attached hydrogen (secondary N) is 2. The number of carbonyl (C=O) groups excluding carboxylic acids is 3. The van der Waals surface area contributed by atoms with Crippen molar-refractivity contribution in [3.8, 4) is 0 Å². The SMILES string of the molecule is O=C1NC(=O)C2(CCN(C(=O)CCCc3ccc(Cl)cc3)CC2)N1. The highest BCUT2D eigenvalue weighted by Crippen LogP contribution is 2.26. The Hall–Kier alpha value is -2.08. The second-order valence-electron chi connectivity index (χ2n) is 6.35. The number of urea groups is 1. The predicted octanol–water partition coefficient (Wildman–Crippen LogP) is 1.86. The summed E-state index contributed by atoms with van der Waals surface area (Å²) in [6.45, 7) is 0.987. The molecule has 3 rings (SSSR count). The van der Waals surface area contributed by atoms with Gasteiger partial charge in [0.2, 0.25) is 5.91 Å². The summed E-state index contributed by atoms with van der Waals surface area (Å²) < 4.78 is 0. The topological polar surface area (TPSA) is 78.5 Å². The van der Waals surface area contributed by atoms with Gasteiger partial charge in [0.1, 0.15) is 5.54 Å². The third-order valence-electron chi connectivity index (χ3n) is 4.75. The summed E-state index contributed by atoms with van der Waals surface area (Å²) in [5.74, 6) is -0.175. The molecule has 0 radical (unpaired) electrons. The number of hydrogen-bond donors (Lipinski definition) is 2. The van der Waals surface area contributed by atoms with Gasteiger partial charge in [0.05, 0.1) is 0 Å². The van der Waals surface area contributed by atoms with Crippen molar-refractivity contribution in [2.45, 2.75) is 37.6 Å². The number of amides is 4. The third kappa shape index (κ3) is 3.53. The Labute approximate surface area is 145 Å². The highest BCUT2D eigenvalue weighted by molar-refractivity contribution is 6.30. The Bertz CT molecular complexity index is 652. The van der Waals surface area contributed by atoms with Gasteiger partial charge in [0.25, 0.3) is 5.91 Å². The Kier molecular flexibility index (Phi) is 4.76. The van der Waals surface area contributed by atoms with Crippen LogP contribution in [0.5, 0.6) is 0 Å². The van der Waals surface area contributed by atoms with Gasteiger partial charge in [-0.05, 0) is 43.4 Å². The molecule has 1 aromatic rings. The number of likely N-dealkylation sites (tertiary alicyclic amines) is 1. The zero-order valence-electron chi connectivity index (χ0n) is 13.3. The number of nitrogens with zero attached hydrogens (tertiary/aromatic N) is 1. The Morgan fingerprint density at radius 2 is 1.83 bits per heavy atom. The number of piperidine rings is 1. The first-order valence-corrected chi connectivity index (χ1v) is 8.52. The van der Waals surface area contributed by atoms with Crippen LogP contribution in [0.15, 0.2) is 24.3 Å². The largest absolute Gasteiger partial charge is 0.342 e. The van der Waals surface area contributed by atoms with E-state index >= 15 is 0 Å². The zero-order chi connectivity index (χ0) is 17.2. The lowest BCUT2D eigenvalue weighted by Gasteiger charge is -2.37. The lowest BCUT2D eigenvalue weighted by Crippen LogP contribution is -2.55. The molecule has 1 aromatic carbocycles. The van der Waals surface area contributed by atoms with Gasteiger partial charge in [-0.25, -0.2) is 4.79 Å². The van der Waals surface area contributed by atoms with Crippen LogP contribution in [0.1, 0.15) is 31.2 Å². The van der Waals surface area contributed by atoms with Crippen LogP contribution in [0.25, 0.3) is 0 Å². The molecule has 0 unspecified atom stereocenters. The van der Waals surface area contributed by atoms with E-state index < -0.39 is 11.6 Å². The molecule has 0 bridgehead atoms. The van der Waals surface area contributed by atoms with Gasteiger partial charge >= 0.3 is 6.03 Å². The Morgan fingerprint density at radius 3 is 2.42 bits per heavy atom. The summed E-state index contributed by atoms with van der Waals surface area (Å²) in [7, 11) is 0. The van der Waals surface area contributed by atoms with Gasteiger partial charge in [-0.15, -0.1) is 0 Å². The Morgan fingerprint density at radius 1 is 1.17 bits per heavy atom. The normalized spacial score (nSPS) is 19.3. The highest BCUT2D eigenvalue weighted by Gasteiger charge is 2.48. The van der Waals surface area contributed by atoms with E-state index in [-0.39, 0.29) is 11.8 Å². The van der Waals surface area contributed by atoms with Crippen molar-refractivity contribution in [2.24, 2.45) is 0 Å². The van der Waals surface area contributed by atoms with E-state index in [2.05, 4.69) is 10.6 Å². The van der Waals surface area contributed by atoms with Gasteiger partial charge in [-0.2, -0.15) is 0 Å². The van der Waals surface area contributed by atoms with Crippen LogP contribution in [-0.4, -0.2) is 41.4 Å². The van der Waals surface area contributed by atoms with Crippen molar-refractivity contribution < 1.29 is 14.4 Å². The fraction of sp³-hybridized carbons (Fsp3) is 0.471. The highest BCUT2D eigenvalue weighted by atomic mass is 35.5. The third-order valence-corrected chi connectivity index (χ3v) is 5.01. The number of imide groups is 1. The summed E-state index contributed by atoms with van der Waals surface area (Å²) in [5.41, 5.74) is 0.340. The molecule has 0 atom stereocenters. The van der Waals surface area contributed by atoms with Crippen LogP contribution < -0.4 is 10.6 Å². The monoisotopic (exact) mass is 349 g/mol. The van der Waals surface area contributed by atoms with Crippen LogP contribution in [0, 0.1) is 0 Å². The fourth-order valence-corrected chi connectivity index (χ4v) is 3.40. The van der Waals surface area contributed by atoms with E-state index in [4.69, 9.17) is 11.6 Å². The van der Waals surface area contributed by atoms with Crippen molar-refractivity contribution in [2.75, 3.05) is 13.1 Å². The number of aryl methyl sites for hydroxylation is 1. The molecule has 4 amide bonds. The summed E-state index contributed by atoms with van der Waals surface area (Å²) in [5, 5.41) is 5.68. The van der Waals surface area contributed by atoms with E-state index in [1.165, 1.54) is 0 Å². The molecule has 128 valence electrons. The molecule has 7 heteroatoms. The number of hydrogen-bond acceptors (Lipinski definition) is 3. The molecular weight excluding hydrogens is 330 g/mol. The van der Waals surface area contributed by atoms with Gasteiger partial charge in [-0.1, -0.05) is 23.7 Å². The summed E-state index contributed by atoms with van der Waals surface area (Å²) in [6.07, 6.45) is 3.02. The smallest absolute Gasteiger partial charge is 0.322 e. The maximum atomic E-state index is 12.3. The average molecular weight is 350 g/mol. The first-order valence-electron chi connectivity index (χ1n) is 8.14. The van der Waals surface area contributed by atoms with Crippen molar-refractivity contribution in [1.82, 2.24) is 15.5 Å². The molecule has 2 heterocycles. The quantitative estimate of drug-likeness (QED) is 0.814. The first-order chi connectivity index (χ1) is 11.5. The standard InChI is InChI=1S/C17H20ClN3O3/c18-13-6-4-12(5-7-13)2-1-3-14(22)21-10-8-17(9-11-21)15(23)19-16(24)20-17/h4-7H,1-3,8-11H2,(H2,19,20,23,24). The molecule has 0 aromatic heterocycles. The lowest BCUT2D eigenvalue weighted by molar-refractivity contribution is -0.135. The zero-order valence-corrected chi connectivity index (χ0v) is 14.1. The van der Waals surface area contributed by atoms with Gasteiger partial charge in [0.15, 0.2) is 0 Å². The summed E-state index contributed by atoms with van der Waals surface area (Å²) in [6, 6.07) is 7.20. The van der Waals surface area contributed by atoms with Gasteiger partial charge in [-0.3, -0.25) is 14.9 Å². The molecule has 0 aliphatic carbocycles. The van der Waals surface area contributed by atoms with E-state index in [0.29, 0.717) is 37.4 Å². The van der Waals surface area contributed by atoms with Crippen molar-refractivity contribution in [3.05, 3.63) is 34.9 Å². The lowest BCUT2D eigenvalue weighted by atomic mass is 9.87. The van der Waals surface area contributed by atoms with Gasteiger partial charge < -0.3 is 10.2 Å². The number of halogens is 1. The second kappa shape index (κ2) is 6.81. The summed E-state index contributed by atoms with van der Waals surface area (Å²) >= 11 is 5.85. The molecule has 24 heavy (non-hydrogen) atoms. The molecule has 2 N–H and O–H groups in total. The van der Waals surface area contributed by atoms with Crippen LogP contribution in [0.3, 0.4) is 0 Å². The van der Waals surface area contributed by atoms with Crippen LogP contribution >= 0.6 is 11.6 Å². The van der Waals surface area contributed by atoms with E-state index in [1.807, 2.05) is 24.3 Å². The molecular formula is C17H20ClN3O3. The van der Waals surface area contributed by atoms with Crippen LogP contribution in [0.4, 0.5) is 4.79 Å². The number of rotatable bonds is 4. The first kappa shape index (κ1) is 16.8. The Balaban J connectivity index is 1.44. The minimum absolute atomic E-state index is 0.101. The minimum atomic E-state index is -0.822. The molecule has 2 fully saturated rings. The number of carbonyl (C=O) groups is 3. The maximum Gasteiger partial charge on any atom is 0.322 e. The van der Waals surface area contributed by atoms with Crippen LogP contribution in [0.2, 0.25) is 5.02 Å². The molecule has 1 spiro atoms. The summed E-state index contributed by atoms with van der Waals surface area (Å²) in [4.78, 5) is 37.3. The molecule has 6 nitrogen and oxygen atoms in total. The fourth-order valence-electron chi connectivity index (χ4n) is 3.27. The van der Waals surface area contributed by atoms with Crippen molar-refractivity contribution in [3.63, 3.8) is 0 Å². The van der Waals surface area contributed by atoms with Crippen molar-refractivity contribution in [1.29, 1.82) is 0 Å². The average Bonchev–Trinajstić information content (AvgIpc) is 2.83.